The van der Waals surface area contributed by atoms with Crippen LogP contribution in [0, 0.1) is 0 Å². The van der Waals surface area contributed by atoms with Gasteiger partial charge >= 0.3 is 0 Å². The predicted molar refractivity (Wildman–Crippen MR) is 108 cm³/mol. The summed E-state index contributed by atoms with van der Waals surface area (Å²) >= 11 is 0. The molecule has 0 aromatic heterocycles. The zero-order valence-corrected chi connectivity index (χ0v) is 18.4. The molecule has 0 amide bonds. The highest BCUT2D eigenvalue weighted by Crippen LogP contribution is 2.45. The van der Waals surface area contributed by atoms with Gasteiger partial charge in [0.15, 0.2) is 12.5 Å². The Labute approximate surface area is 164 Å². The van der Waals surface area contributed by atoms with Gasteiger partial charge in [-0.05, 0) is 22.2 Å². The van der Waals surface area contributed by atoms with E-state index in [9.17, 15) is 9.50 Å². The predicted octanol–water partition coefficient (Wildman–Crippen LogP) is 4.82. The summed E-state index contributed by atoms with van der Waals surface area (Å²) in [7, 11) is -2.30. The van der Waals surface area contributed by atoms with Crippen molar-refractivity contribution >= 4 is 8.32 Å². The van der Waals surface area contributed by atoms with Crippen LogP contribution in [0.3, 0.4) is 0 Å². The van der Waals surface area contributed by atoms with E-state index in [1.54, 1.807) is 0 Å². The van der Waals surface area contributed by atoms with Crippen LogP contribution in [-0.4, -0.2) is 44.7 Å². The van der Waals surface area contributed by atoms with Crippen LogP contribution < -0.4 is 0 Å². The maximum absolute atomic E-state index is 14.8. The third-order valence-corrected chi connectivity index (χ3v) is 11.8. The number of halogens is 1. The summed E-state index contributed by atoms with van der Waals surface area (Å²) in [6.45, 7) is 13.6. The largest absolute Gasteiger partial charge is 0.407 e. The molecule has 6 heteroatoms. The molecule has 0 radical (unpaired) electrons. The topological polar surface area (TPSA) is 47.9 Å². The van der Waals surface area contributed by atoms with Crippen LogP contribution in [0.5, 0.6) is 0 Å². The molecule has 2 rings (SSSR count). The normalized spacial score (nSPS) is 26.5. The first kappa shape index (κ1) is 22.5. The molecule has 0 saturated carbocycles. The number of aliphatic hydroxyl groups is 1. The molecule has 1 fully saturated rings. The maximum Gasteiger partial charge on any atom is 0.201 e. The molecule has 27 heavy (non-hydrogen) atoms. The molecule has 1 N–H and O–H groups in total. The van der Waals surface area contributed by atoms with E-state index in [2.05, 4.69) is 41.5 Å². The third kappa shape index (κ3) is 4.98. The molecule has 0 unspecified atom stereocenters. The zero-order valence-electron chi connectivity index (χ0n) is 17.4. The minimum atomic E-state index is -2.30. The second kappa shape index (κ2) is 9.61. The van der Waals surface area contributed by atoms with Crippen LogP contribution in [-0.2, 0) is 20.5 Å². The van der Waals surface area contributed by atoms with Crippen LogP contribution in [0.25, 0.3) is 0 Å². The van der Waals surface area contributed by atoms with Crippen LogP contribution >= 0.6 is 0 Å². The lowest BCUT2D eigenvalue weighted by Crippen LogP contribution is -2.53. The first-order valence-electron chi connectivity index (χ1n) is 9.97. The fraction of sp³-hybridized carbons (Fsp3) is 0.714. The molecule has 4 nitrogen and oxygen atoms in total. The molecule has 0 aliphatic carbocycles. The van der Waals surface area contributed by atoms with Gasteiger partial charge in [-0.1, -0.05) is 71.9 Å². The van der Waals surface area contributed by atoms with E-state index in [4.69, 9.17) is 13.9 Å². The number of alkyl halides is 1. The fourth-order valence-corrected chi connectivity index (χ4v) is 10.1. The van der Waals surface area contributed by atoms with Crippen molar-refractivity contribution in [1.82, 2.24) is 0 Å². The van der Waals surface area contributed by atoms with Crippen molar-refractivity contribution in [3.05, 3.63) is 35.9 Å². The van der Waals surface area contributed by atoms with Gasteiger partial charge in [-0.25, -0.2) is 4.39 Å². The van der Waals surface area contributed by atoms with Gasteiger partial charge in [0, 0.05) is 0 Å². The molecule has 1 saturated heterocycles. The molecular formula is C21H35FO4Si. The van der Waals surface area contributed by atoms with E-state index in [-0.39, 0.29) is 6.61 Å². The Hall–Kier alpha value is -0.793. The van der Waals surface area contributed by atoms with E-state index >= 15 is 0 Å². The molecule has 0 spiro atoms. The lowest BCUT2D eigenvalue weighted by molar-refractivity contribution is -0.127. The van der Waals surface area contributed by atoms with Crippen molar-refractivity contribution in [3.8, 4) is 0 Å². The molecule has 1 aliphatic heterocycles. The van der Waals surface area contributed by atoms with Gasteiger partial charge < -0.3 is 19.0 Å². The summed E-state index contributed by atoms with van der Waals surface area (Å²) < 4.78 is 32.6. The van der Waals surface area contributed by atoms with E-state index < -0.39 is 33.0 Å². The van der Waals surface area contributed by atoms with Gasteiger partial charge in [-0.3, -0.25) is 0 Å². The summed E-state index contributed by atoms with van der Waals surface area (Å²) in [6, 6.07) is 9.80. The molecule has 1 aromatic rings. The smallest absolute Gasteiger partial charge is 0.201 e. The zero-order chi connectivity index (χ0) is 20.2. The second-order valence-corrected chi connectivity index (χ2v) is 13.8. The fourth-order valence-electron chi connectivity index (χ4n) is 4.49. The van der Waals surface area contributed by atoms with Crippen molar-refractivity contribution in [2.24, 2.45) is 0 Å². The average molecular weight is 399 g/mol. The third-order valence-electron chi connectivity index (χ3n) is 5.71. The highest BCUT2D eigenvalue weighted by Gasteiger charge is 2.53. The van der Waals surface area contributed by atoms with Crippen LogP contribution in [0.1, 0.15) is 47.1 Å². The van der Waals surface area contributed by atoms with Crippen molar-refractivity contribution in [2.45, 2.75) is 89.4 Å². The highest BCUT2D eigenvalue weighted by molar-refractivity contribution is 6.77. The molecule has 0 bridgehead atoms. The Morgan fingerprint density at radius 2 is 1.59 bits per heavy atom. The van der Waals surface area contributed by atoms with Gasteiger partial charge in [0.25, 0.3) is 0 Å². The van der Waals surface area contributed by atoms with Gasteiger partial charge in [-0.2, -0.15) is 0 Å². The van der Waals surface area contributed by atoms with Gasteiger partial charge in [0.2, 0.25) is 8.32 Å². The molecule has 1 heterocycles. The Bertz CT molecular complexity index is 545. The minimum Gasteiger partial charge on any atom is -0.407 e. The van der Waals surface area contributed by atoms with Crippen LogP contribution in [0.15, 0.2) is 30.3 Å². The SMILES string of the molecule is CC(C)[Si](O[C@@H]1[C@@H](F)[C@@H](O)O[C@@H]1COCc1ccccc1)(C(C)C)C(C)C. The van der Waals surface area contributed by atoms with Crippen molar-refractivity contribution in [3.63, 3.8) is 0 Å². The maximum atomic E-state index is 14.8. The van der Waals surface area contributed by atoms with Crippen LogP contribution in [0.4, 0.5) is 4.39 Å². The summed E-state index contributed by atoms with van der Waals surface area (Å²) in [5.41, 5.74) is 2.02. The Morgan fingerprint density at radius 1 is 1.04 bits per heavy atom. The quantitative estimate of drug-likeness (QED) is 0.606. The Balaban J connectivity index is 2.10. The number of hydrogen-bond donors (Lipinski definition) is 1. The van der Waals surface area contributed by atoms with Gasteiger partial charge in [-0.15, -0.1) is 0 Å². The Morgan fingerprint density at radius 3 is 2.11 bits per heavy atom. The number of hydrogen-bond acceptors (Lipinski definition) is 4. The van der Waals surface area contributed by atoms with Crippen molar-refractivity contribution in [2.75, 3.05) is 6.61 Å². The first-order valence-corrected chi connectivity index (χ1v) is 12.1. The summed E-state index contributed by atoms with van der Waals surface area (Å²) in [5.74, 6) is 0. The standard InChI is InChI=1S/C21H35FO4Si/c1-14(2)27(15(3)4,16(5)6)26-20-18(25-21(23)19(20)22)13-24-12-17-10-8-7-9-11-17/h7-11,14-16,18-21,23H,12-13H2,1-6H3/t18-,19-,20+,21+/m1/s1. The van der Waals surface area contributed by atoms with Crippen LogP contribution in [0.2, 0.25) is 16.6 Å². The van der Waals surface area contributed by atoms with Gasteiger partial charge in [0.1, 0.15) is 12.2 Å². The molecule has 4 atom stereocenters. The molecular weight excluding hydrogens is 363 g/mol. The van der Waals surface area contributed by atoms with E-state index in [1.165, 1.54) is 0 Å². The summed E-state index contributed by atoms with van der Waals surface area (Å²) in [6.07, 6.45) is -4.42. The van der Waals surface area contributed by atoms with Crippen molar-refractivity contribution in [1.29, 1.82) is 0 Å². The van der Waals surface area contributed by atoms with Crippen molar-refractivity contribution < 1.29 is 23.4 Å². The number of aliphatic hydroxyl groups excluding tert-OH is 1. The number of rotatable bonds is 9. The highest BCUT2D eigenvalue weighted by atomic mass is 28.4. The average Bonchev–Trinajstić information content (AvgIpc) is 2.86. The first-order chi connectivity index (χ1) is 12.7. The summed E-state index contributed by atoms with van der Waals surface area (Å²) in [5, 5.41) is 9.95. The lowest BCUT2D eigenvalue weighted by atomic mass is 10.2. The number of benzene rings is 1. The monoisotopic (exact) mass is 398 g/mol. The molecule has 1 aromatic carbocycles. The lowest BCUT2D eigenvalue weighted by Gasteiger charge is -2.44. The van der Waals surface area contributed by atoms with E-state index in [0.717, 1.165) is 5.56 Å². The van der Waals surface area contributed by atoms with E-state index in [0.29, 0.717) is 23.2 Å². The van der Waals surface area contributed by atoms with Gasteiger partial charge in [0.05, 0.1) is 13.2 Å². The molecule has 1 aliphatic rings. The number of ether oxygens (including phenoxy) is 2. The van der Waals surface area contributed by atoms with E-state index in [1.807, 2.05) is 30.3 Å². The second-order valence-electron chi connectivity index (χ2n) is 8.41. The minimum absolute atomic E-state index is 0.190. The Kier molecular flexibility index (Phi) is 8.01. The summed E-state index contributed by atoms with van der Waals surface area (Å²) in [4.78, 5) is 0. The molecule has 154 valence electrons.